The highest BCUT2D eigenvalue weighted by molar-refractivity contribution is 7.91. The van der Waals surface area contributed by atoms with Gasteiger partial charge in [0.2, 0.25) is 0 Å². The van der Waals surface area contributed by atoms with Gasteiger partial charge in [-0.3, -0.25) is 9.59 Å². The number of hydrogen-bond donors (Lipinski definition) is 1. The molecule has 1 aliphatic heterocycles. The van der Waals surface area contributed by atoms with Crippen molar-refractivity contribution in [3.63, 3.8) is 0 Å². The normalized spacial score (nSPS) is 14.1. The second kappa shape index (κ2) is 8.37. The molecule has 0 fully saturated rings. The summed E-state index contributed by atoms with van der Waals surface area (Å²) in [4.78, 5) is 24.7. The van der Waals surface area contributed by atoms with Crippen LogP contribution in [0, 0.1) is 0 Å². The number of ketones is 1. The van der Waals surface area contributed by atoms with Crippen LogP contribution in [-0.4, -0.2) is 37.6 Å². The summed E-state index contributed by atoms with van der Waals surface area (Å²) in [5.41, 5.74) is 2.00. The smallest absolute Gasteiger partial charge is 0.310 e. The Kier molecular flexibility index (Phi) is 6.07. The van der Waals surface area contributed by atoms with Gasteiger partial charge in [-0.1, -0.05) is 19.4 Å². The quantitative estimate of drug-likeness (QED) is 0.660. The van der Waals surface area contributed by atoms with Crippen LogP contribution in [0.1, 0.15) is 59.7 Å². The number of unbranched alkanes of at least 4 members (excludes halogenated alkanes) is 1. The van der Waals surface area contributed by atoms with Crippen molar-refractivity contribution in [1.29, 1.82) is 0 Å². The summed E-state index contributed by atoms with van der Waals surface area (Å²) in [7, 11) is -3.37. The molecule has 1 N–H and O–H groups in total. The minimum absolute atomic E-state index is 0.0767. The number of aliphatic carboxylic acids is 1. The monoisotopic (exact) mass is 416 g/mol. The number of ether oxygens (including phenoxy) is 1. The predicted octanol–water partition coefficient (Wildman–Crippen LogP) is 3.61. The van der Waals surface area contributed by atoms with E-state index in [2.05, 4.69) is 0 Å². The average Bonchev–Trinajstić information content (AvgIpc) is 3.19. The average molecular weight is 416 g/mol. The number of carboxylic acid groups (broad SMARTS) is 1. The molecule has 0 saturated carbocycles. The van der Waals surface area contributed by atoms with E-state index in [0.29, 0.717) is 41.9 Å². The molecule has 29 heavy (non-hydrogen) atoms. The van der Waals surface area contributed by atoms with E-state index in [1.165, 1.54) is 24.3 Å². The second-order valence-corrected chi connectivity index (χ2v) is 9.35. The molecule has 0 spiro atoms. The van der Waals surface area contributed by atoms with Gasteiger partial charge in [0.1, 0.15) is 5.75 Å². The SMILES string of the molecule is CCCCS(=O)(=O)c1ccc(C(=O)c2cc(C(C)C(=O)O)cc3c2OCC3)cc1. The first-order valence-electron chi connectivity index (χ1n) is 9.64. The predicted molar refractivity (Wildman–Crippen MR) is 109 cm³/mol. The Balaban J connectivity index is 1.95. The molecule has 154 valence electrons. The van der Waals surface area contributed by atoms with Crippen LogP contribution in [0.15, 0.2) is 41.3 Å². The van der Waals surface area contributed by atoms with Crippen molar-refractivity contribution in [3.05, 3.63) is 58.7 Å². The van der Waals surface area contributed by atoms with Crippen LogP contribution >= 0.6 is 0 Å². The molecule has 1 heterocycles. The van der Waals surface area contributed by atoms with E-state index in [1.54, 1.807) is 19.1 Å². The van der Waals surface area contributed by atoms with Crippen LogP contribution in [0.2, 0.25) is 0 Å². The lowest BCUT2D eigenvalue weighted by Crippen LogP contribution is -2.11. The Hall–Kier alpha value is -2.67. The lowest BCUT2D eigenvalue weighted by molar-refractivity contribution is -0.138. The largest absolute Gasteiger partial charge is 0.492 e. The number of carbonyl (C=O) groups is 2. The Morgan fingerprint density at radius 1 is 1.17 bits per heavy atom. The topological polar surface area (TPSA) is 97.7 Å². The fourth-order valence-corrected chi connectivity index (χ4v) is 4.77. The first-order chi connectivity index (χ1) is 13.7. The molecular weight excluding hydrogens is 392 g/mol. The van der Waals surface area contributed by atoms with Gasteiger partial charge in [-0.25, -0.2) is 8.42 Å². The third-order valence-corrected chi connectivity index (χ3v) is 6.98. The van der Waals surface area contributed by atoms with E-state index in [0.717, 1.165) is 12.0 Å². The minimum atomic E-state index is -3.37. The Bertz CT molecular complexity index is 1040. The van der Waals surface area contributed by atoms with Gasteiger partial charge in [0.15, 0.2) is 15.6 Å². The molecule has 3 rings (SSSR count). The van der Waals surface area contributed by atoms with Gasteiger partial charge in [-0.05, 0) is 54.8 Å². The van der Waals surface area contributed by atoms with Gasteiger partial charge >= 0.3 is 5.97 Å². The summed E-state index contributed by atoms with van der Waals surface area (Å²) in [6, 6.07) is 9.23. The van der Waals surface area contributed by atoms with E-state index in [1.807, 2.05) is 6.92 Å². The fraction of sp³-hybridized carbons (Fsp3) is 0.364. The molecule has 1 unspecified atom stereocenters. The number of fused-ring (bicyclic) bond motifs is 1. The lowest BCUT2D eigenvalue weighted by atomic mass is 9.92. The molecule has 2 aromatic carbocycles. The molecule has 0 saturated heterocycles. The van der Waals surface area contributed by atoms with Crippen LogP contribution in [0.3, 0.4) is 0 Å². The summed E-state index contributed by atoms with van der Waals surface area (Å²) in [5, 5.41) is 9.33. The number of sulfone groups is 1. The summed E-state index contributed by atoms with van der Waals surface area (Å²) in [5.74, 6) is -1.48. The second-order valence-electron chi connectivity index (χ2n) is 7.24. The van der Waals surface area contributed by atoms with Crippen LogP contribution in [0.4, 0.5) is 0 Å². The van der Waals surface area contributed by atoms with Gasteiger partial charge in [-0.2, -0.15) is 0 Å². The van der Waals surface area contributed by atoms with Crippen molar-refractivity contribution in [3.8, 4) is 5.75 Å². The van der Waals surface area contributed by atoms with E-state index in [9.17, 15) is 23.1 Å². The van der Waals surface area contributed by atoms with Gasteiger partial charge in [0.05, 0.1) is 28.7 Å². The highest BCUT2D eigenvalue weighted by Gasteiger charge is 2.26. The van der Waals surface area contributed by atoms with Crippen molar-refractivity contribution >= 4 is 21.6 Å². The van der Waals surface area contributed by atoms with Crippen molar-refractivity contribution in [2.24, 2.45) is 0 Å². The van der Waals surface area contributed by atoms with E-state index < -0.39 is 21.7 Å². The standard InChI is InChI=1S/C22H24O6S/c1-3-4-11-29(26,27)18-7-5-15(6-8-18)20(23)19-13-17(14(2)22(24)25)12-16-9-10-28-21(16)19/h5-8,12-14H,3-4,9-11H2,1-2H3,(H,24,25). The molecule has 1 aliphatic rings. The van der Waals surface area contributed by atoms with Crippen molar-refractivity contribution in [1.82, 2.24) is 0 Å². The van der Waals surface area contributed by atoms with E-state index >= 15 is 0 Å². The third kappa shape index (κ3) is 4.34. The summed E-state index contributed by atoms with van der Waals surface area (Å²) in [6.07, 6.45) is 1.98. The highest BCUT2D eigenvalue weighted by Crippen LogP contribution is 2.35. The summed E-state index contributed by atoms with van der Waals surface area (Å²) < 4.78 is 30.3. The summed E-state index contributed by atoms with van der Waals surface area (Å²) in [6.45, 7) is 3.94. The molecule has 0 radical (unpaired) electrons. The van der Waals surface area contributed by atoms with Gasteiger partial charge in [0, 0.05) is 12.0 Å². The zero-order chi connectivity index (χ0) is 21.2. The third-order valence-electron chi connectivity index (χ3n) is 5.16. The molecule has 0 aliphatic carbocycles. The van der Waals surface area contributed by atoms with Crippen molar-refractivity contribution < 1.29 is 27.9 Å². The first-order valence-corrected chi connectivity index (χ1v) is 11.3. The van der Waals surface area contributed by atoms with Gasteiger partial charge in [-0.15, -0.1) is 0 Å². The maximum atomic E-state index is 13.1. The zero-order valence-corrected chi connectivity index (χ0v) is 17.3. The maximum absolute atomic E-state index is 13.1. The minimum Gasteiger partial charge on any atom is -0.492 e. The number of benzene rings is 2. The van der Waals surface area contributed by atoms with Gasteiger partial charge in [0.25, 0.3) is 0 Å². The van der Waals surface area contributed by atoms with Crippen molar-refractivity contribution in [2.75, 3.05) is 12.4 Å². The van der Waals surface area contributed by atoms with Gasteiger partial charge < -0.3 is 9.84 Å². The zero-order valence-electron chi connectivity index (χ0n) is 16.5. The molecular formula is C22H24O6S. The van der Waals surface area contributed by atoms with Crippen LogP contribution < -0.4 is 4.74 Å². The van der Waals surface area contributed by atoms with Crippen LogP contribution in [0.5, 0.6) is 5.75 Å². The molecule has 7 heteroatoms. The number of rotatable bonds is 8. The van der Waals surface area contributed by atoms with E-state index in [4.69, 9.17) is 4.74 Å². The molecule has 0 aromatic heterocycles. The molecule has 6 nitrogen and oxygen atoms in total. The van der Waals surface area contributed by atoms with Crippen LogP contribution in [0.25, 0.3) is 0 Å². The molecule has 2 aromatic rings. The Morgan fingerprint density at radius 3 is 2.48 bits per heavy atom. The Labute approximate surface area is 170 Å². The molecule has 0 amide bonds. The maximum Gasteiger partial charge on any atom is 0.310 e. The molecule has 1 atom stereocenters. The Morgan fingerprint density at radius 2 is 1.86 bits per heavy atom. The summed E-state index contributed by atoms with van der Waals surface area (Å²) >= 11 is 0. The fourth-order valence-electron chi connectivity index (χ4n) is 3.32. The number of carbonyl (C=O) groups excluding carboxylic acids is 1. The first kappa shape index (κ1) is 21.0. The van der Waals surface area contributed by atoms with Crippen LogP contribution in [-0.2, 0) is 21.1 Å². The number of hydrogen-bond acceptors (Lipinski definition) is 5. The molecule has 0 bridgehead atoms. The van der Waals surface area contributed by atoms with Crippen molar-refractivity contribution in [2.45, 2.75) is 43.9 Å². The highest BCUT2D eigenvalue weighted by atomic mass is 32.2. The lowest BCUT2D eigenvalue weighted by Gasteiger charge is -2.13. The number of carboxylic acids is 1. The van der Waals surface area contributed by atoms with E-state index in [-0.39, 0.29) is 16.4 Å².